The minimum atomic E-state index is -0.124. The number of methoxy groups -OCH3 is 1. The lowest BCUT2D eigenvalue weighted by Crippen LogP contribution is -2.19. The molecule has 0 aliphatic rings. The molecule has 0 bridgehead atoms. The van der Waals surface area contributed by atoms with Crippen LogP contribution in [0, 0.1) is 0 Å². The van der Waals surface area contributed by atoms with Gasteiger partial charge >= 0.3 is 0 Å². The summed E-state index contributed by atoms with van der Waals surface area (Å²) >= 11 is 1.33. The Labute approximate surface area is 137 Å². The number of rotatable bonds is 4. The average molecular weight is 325 g/mol. The van der Waals surface area contributed by atoms with Gasteiger partial charge in [0, 0.05) is 0 Å². The summed E-state index contributed by atoms with van der Waals surface area (Å²) < 4.78 is 12.2. The second-order valence-corrected chi connectivity index (χ2v) is 5.97. The Morgan fingerprint density at radius 2 is 1.83 bits per heavy atom. The molecule has 1 heterocycles. The predicted octanol–water partition coefficient (Wildman–Crippen LogP) is 2.48. The first kappa shape index (κ1) is 15.1. The van der Waals surface area contributed by atoms with Crippen molar-refractivity contribution >= 4 is 24.0 Å². The van der Waals surface area contributed by atoms with Crippen molar-refractivity contribution in [2.45, 2.75) is 0 Å². The molecule has 3 aromatic rings. The molecular formula is C18H15NO3S. The van der Waals surface area contributed by atoms with Crippen LogP contribution in [0.2, 0.25) is 0 Å². The van der Waals surface area contributed by atoms with E-state index in [0.29, 0.717) is 14.9 Å². The largest absolute Gasteiger partial charge is 0.497 e. The third-order valence-electron chi connectivity index (χ3n) is 3.16. The number of H-pyrrole nitrogens is 1. The molecule has 0 aliphatic heterocycles. The Kier molecular flexibility index (Phi) is 4.30. The lowest BCUT2D eigenvalue weighted by molar-refractivity contribution is 0.413. The van der Waals surface area contributed by atoms with Crippen LogP contribution >= 0.6 is 11.3 Å². The van der Waals surface area contributed by atoms with E-state index >= 15 is 0 Å². The van der Waals surface area contributed by atoms with E-state index in [-0.39, 0.29) is 5.56 Å². The van der Waals surface area contributed by atoms with Crippen molar-refractivity contribution in [1.82, 2.24) is 4.98 Å². The Bertz CT molecular complexity index is 970. The number of aromatic amines is 1. The minimum absolute atomic E-state index is 0.124. The van der Waals surface area contributed by atoms with Crippen LogP contribution in [-0.4, -0.2) is 12.1 Å². The molecule has 1 aromatic heterocycles. The lowest BCUT2D eigenvalue weighted by Gasteiger charge is -2.07. The van der Waals surface area contributed by atoms with Gasteiger partial charge in [-0.25, -0.2) is 0 Å². The molecule has 0 unspecified atom stereocenters. The molecule has 116 valence electrons. The summed E-state index contributed by atoms with van der Waals surface area (Å²) in [5, 5.41) is 0. The van der Waals surface area contributed by atoms with Gasteiger partial charge in [-0.05, 0) is 48.0 Å². The summed E-state index contributed by atoms with van der Waals surface area (Å²) in [6, 6.07) is 14.9. The third kappa shape index (κ3) is 3.70. The molecule has 0 radical (unpaired) electrons. The van der Waals surface area contributed by atoms with Crippen molar-refractivity contribution in [1.29, 1.82) is 0 Å². The summed E-state index contributed by atoms with van der Waals surface area (Å²) in [6.07, 6.45) is 1.82. The van der Waals surface area contributed by atoms with Crippen LogP contribution in [0.25, 0.3) is 12.7 Å². The zero-order valence-corrected chi connectivity index (χ0v) is 13.4. The molecule has 0 atom stereocenters. The van der Waals surface area contributed by atoms with E-state index in [4.69, 9.17) is 9.47 Å². The quantitative estimate of drug-likeness (QED) is 0.802. The molecule has 3 rings (SSSR count). The molecule has 23 heavy (non-hydrogen) atoms. The number of thiazole rings is 1. The Morgan fingerprint density at radius 1 is 1.09 bits per heavy atom. The molecule has 0 fully saturated rings. The zero-order valence-electron chi connectivity index (χ0n) is 12.5. The van der Waals surface area contributed by atoms with Gasteiger partial charge in [-0.3, -0.25) is 4.79 Å². The fourth-order valence-electron chi connectivity index (χ4n) is 2.09. The highest BCUT2D eigenvalue weighted by Gasteiger charge is 2.00. The second-order valence-electron chi connectivity index (χ2n) is 4.84. The van der Waals surface area contributed by atoms with E-state index in [2.05, 4.69) is 11.6 Å². The van der Waals surface area contributed by atoms with Crippen molar-refractivity contribution in [3.63, 3.8) is 0 Å². The normalized spacial score (nSPS) is 11.4. The smallest absolute Gasteiger partial charge is 0.266 e. The first-order valence-electron chi connectivity index (χ1n) is 6.96. The highest BCUT2D eigenvalue weighted by atomic mass is 32.1. The molecule has 4 nitrogen and oxygen atoms in total. The fraction of sp³-hybridized carbons (Fsp3) is 0.0556. The highest BCUT2D eigenvalue weighted by Crippen LogP contribution is 2.24. The van der Waals surface area contributed by atoms with E-state index in [1.54, 1.807) is 7.11 Å². The van der Waals surface area contributed by atoms with E-state index in [9.17, 15) is 4.79 Å². The summed E-state index contributed by atoms with van der Waals surface area (Å²) in [7, 11) is 1.62. The molecule has 2 aromatic carbocycles. The Balaban J connectivity index is 1.87. The second kappa shape index (κ2) is 6.54. The van der Waals surface area contributed by atoms with Gasteiger partial charge < -0.3 is 14.5 Å². The average Bonchev–Trinajstić information content (AvgIpc) is 2.86. The maximum atomic E-state index is 11.7. The van der Waals surface area contributed by atoms with E-state index < -0.39 is 0 Å². The standard InChI is InChI=1S/C18H15NO3S/c1-12-19-18(20)17(23-12)11-13-4-3-5-16(10-13)22-15-8-6-14(21-2)7-9-15/h3-11H,1H2,2H3,(H,19,20)/b17-11-. The third-order valence-corrected chi connectivity index (χ3v) is 4.03. The van der Waals surface area contributed by atoms with Gasteiger partial charge in [-0.15, -0.1) is 11.3 Å². The van der Waals surface area contributed by atoms with Crippen LogP contribution < -0.4 is 24.2 Å². The molecule has 0 saturated heterocycles. The highest BCUT2D eigenvalue weighted by molar-refractivity contribution is 7.07. The van der Waals surface area contributed by atoms with Crippen LogP contribution in [0.3, 0.4) is 0 Å². The number of hydrogen-bond donors (Lipinski definition) is 1. The first-order valence-corrected chi connectivity index (χ1v) is 7.77. The van der Waals surface area contributed by atoms with Crippen molar-refractivity contribution in [2.75, 3.05) is 7.11 Å². The van der Waals surface area contributed by atoms with Crippen molar-refractivity contribution in [2.24, 2.45) is 0 Å². The van der Waals surface area contributed by atoms with Gasteiger partial charge in [0.05, 0.1) is 16.3 Å². The molecule has 1 N–H and O–H groups in total. The molecule has 0 aliphatic carbocycles. The van der Waals surface area contributed by atoms with Gasteiger partial charge in [-0.1, -0.05) is 18.7 Å². The molecule has 0 spiro atoms. The van der Waals surface area contributed by atoms with Gasteiger partial charge in [0.2, 0.25) is 0 Å². The van der Waals surface area contributed by atoms with Crippen LogP contribution in [0.4, 0.5) is 0 Å². The van der Waals surface area contributed by atoms with Crippen molar-refractivity contribution < 1.29 is 9.47 Å². The minimum Gasteiger partial charge on any atom is -0.497 e. The molecule has 0 saturated carbocycles. The number of ether oxygens (including phenoxy) is 2. The van der Waals surface area contributed by atoms with Gasteiger partial charge in [0.1, 0.15) is 17.2 Å². The van der Waals surface area contributed by atoms with Crippen molar-refractivity contribution in [3.8, 4) is 17.2 Å². The summed E-state index contributed by atoms with van der Waals surface area (Å²) in [6.45, 7) is 3.74. The Hall–Kier alpha value is -2.79. The van der Waals surface area contributed by atoms with E-state index in [1.807, 2.05) is 54.6 Å². The number of nitrogens with one attached hydrogen (secondary N) is 1. The monoisotopic (exact) mass is 325 g/mol. The summed E-state index contributed by atoms with van der Waals surface area (Å²) in [5.41, 5.74) is 0.768. The fourth-order valence-corrected chi connectivity index (χ4v) is 2.83. The number of benzene rings is 2. The lowest BCUT2D eigenvalue weighted by atomic mass is 10.2. The van der Waals surface area contributed by atoms with E-state index in [0.717, 1.165) is 17.1 Å². The zero-order chi connectivity index (χ0) is 16.2. The van der Waals surface area contributed by atoms with E-state index in [1.165, 1.54) is 11.3 Å². The van der Waals surface area contributed by atoms with Gasteiger partial charge in [0.15, 0.2) is 0 Å². The first-order chi connectivity index (χ1) is 11.1. The van der Waals surface area contributed by atoms with Crippen LogP contribution in [0.15, 0.2) is 53.3 Å². The maximum absolute atomic E-state index is 11.7. The summed E-state index contributed by atoms with van der Waals surface area (Å²) in [5.74, 6) is 2.20. The van der Waals surface area contributed by atoms with Crippen LogP contribution in [0.5, 0.6) is 17.2 Å². The van der Waals surface area contributed by atoms with Gasteiger partial charge in [0.25, 0.3) is 5.56 Å². The van der Waals surface area contributed by atoms with Crippen LogP contribution in [-0.2, 0) is 0 Å². The molecule has 0 amide bonds. The molecular weight excluding hydrogens is 310 g/mol. The number of aromatic nitrogens is 1. The SMILES string of the molecule is C=c1[nH]c(=O)/c(=C/c2cccc(Oc3ccc(OC)cc3)c2)s1. The molecule has 5 heteroatoms. The number of hydrogen-bond acceptors (Lipinski definition) is 4. The predicted molar refractivity (Wildman–Crippen MR) is 92.8 cm³/mol. The van der Waals surface area contributed by atoms with Crippen molar-refractivity contribution in [3.05, 3.63) is 73.6 Å². The topological polar surface area (TPSA) is 51.3 Å². The Morgan fingerprint density at radius 3 is 2.48 bits per heavy atom. The maximum Gasteiger partial charge on any atom is 0.266 e. The van der Waals surface area contributed by atoms with Crippen LogP contribution in [0.1, 0.15) is 5.56 Å². The van der Waals surface area contributed by atoms with Gasteiger partial charge in [-0.2, -0.15) is 0 Å². The summed E-state index contributed by atoms with van der Waals surface area (Å²) in [4.78, 5) is 14.4.